The number of aromatic hydroxyl groups is 2. The molecule has 116 valence electrons. The number of hydrogen-bond donors (Lipinski definition) is 3. The van der Waals surface area contributed by atoms with E-state index >= 15 is 0 Å². The van der Waals surface area contributed by atoms with E-state index in [1.54, 1.807) is 6.92 Å². The van der Waals surface area contributed by atoms with E-state index in [0.717, 1.165) is 11.3 Å². The van der Waals surface area contributed by atoms with Crippen molar-refractivity contribution >= 4 is 11.4 Å². The molecule has 0 amide bonds. The van der Waals surface area contributed by atoms with E-state index in [2.05, 4.69) is 9.98 Å². The molecule has 0 saturated carbocycles. The predicted octanol–water partition coefficient (Wildman–Crippen LogP) is 4.16. The van der Waals surface area contributed by atoms with Crippen molar-refractivity contribution in [3.05, 3.63) is 77.5 Å². The van der Waals surface area contributed by atoms with Gasteiger partial charge in [0.15, 0.2) is 0 Å². The lowest BCUT2D eigenvalue weighted by Gasteiger charge is -2.02. The van der Waals surface area contributed by atoms with Gasteiger partial charge in [0.05, 0.1) is 22.7 Å². The lowest BCUT2D eigenvalue weighted by Crippen LogP contribution is -1.93. The molecule has 23 heavy (non-hydrogen) atoms. The smallest absolute Gasteiger partial charge is 0.201 e. The van der Waals surface area contributed by atoms with E-state index in [-0.39, 0.29) is 11.6 Å². The maximum Gasteiger partial charge on any atom is 0.201 e. The van der Waals surface area contributed by atoms with E-state index in [4.69, 9.17) is 0 Å². The average molecular weight is 306 g/mol. The molecule has 0 aliphatic heterocycles. The van der Waals surface area contributed by atoms with E-state index in [9.17, 15) is 10.2 Å². The minimum atomic E-state index is -0.0642. The first-order valence-electron chi connectivity index (χ1n) is 7.42. The van der Waals surface area contributed by atoms with Crippen molar-refractivity contribution in [2.75, 3.05) is 0 Å². The number of H-pyrrole nitrogens is 1. The number of hydrogen-bond acceptors (Lipinski definition) is 3. The molecule has 4 nitrogen and oxygen atoms in total. The zero-order valence-corrected chi connectivity index (χ0v) is 12.8. The van der Waals surface area contributed by atoms with E-state index in [0.29, 0.717) is 23.4 Å². The molecule has 0 radical (unpaired) electrons. The molecule has 1 heterocycles. The second-order valence-corrected chi connectivity index (χ2v) is 5.37. The molecule has 0 fully saturated rings. The summed E-state index contributed by atoms with van der Waals surface area (Å²) in [5, 5.41) is 20.6. The molecule has 0 aliphatic rings. The fourth-order valence-electron chi connectivity index (χ4n) is 2.55. The molecule has 3 N–H and O–H groups in total. The normalized spacial score (nSPS) is 11.6. The number of nitrogens with zero attached hydrogens (tertiary/aromatic N) is 1. The molecule has 0 saturated heterocycles. The van der Waals surface area contributed by atoms with Crippen LogP contribution >= 0.6 is 0 Å². The van der Waals surface area contributed by atoms with Gasteiger partial charge in [-0.2, -0.15) is 0 Å². The van der Waals surface area contributed by atoms with Crippen LogP contribution in [0.3, 0.4) is 0 Å². The topological polar surface area (TPSA) is 68.6 Å². The first-order valence-corrected chi connectivity index (χ1v) is 7.42. The summed E-state index contributed by atoms with van der Waals surface area (Å²) in [6.45, 7) is 1.77. The fraction of sp³-hybridized carbons (Fsp3) is 0.105. The van der Waals surface area contributed by atoms with E-state index in [1.807, 2.05) is 60.7 Å². The zero-order chi connectivity index (χ0) is 16.2. The maximum atomic E-state index is 10.4. The number of aromatic amines is 1. The number of benzene rings is 2. The monoisotopic (exact) mass is 306 g/mol. The van der Waals surface area contributed by atoms with Crippen molar-refractivity contribution in [2.24, 2.45) is 4.99 Å². The van der Waals surface area contributed by atoms with Gasteiger partial charge in [-0.25, -0.2) is 0 Å². The van der Waals surface area contributed by atoms with Gasteiger partial charge in [-0.15, -0.1) is 0 Å². The Morgan fingerprint density at radius 1 is 0.957 bits per heavy atom. The summed E-state index contributed by atoms with van der Waals surface area (Å²) in [4.78, 5) is 7.30. The van der Waals surface area contributed by atoms with Gasteiger partial charge >= 0.3 is 0 Å². The summed E-state index contributed by atoms with van der Waals surface area (Å²) in [6.07, 6.45) is 0.513. The van der Waals surface area contributed by atoms with Crippen molar-refractivity contribution in [3.63, 3.8) is 0 Å². The van der Waals surface area contributed by atoms with Crippen LogP contribution in [0.5, 0.6) is 11.6 Å². The van der Waals surface area contributed by atoms with Gasteiger partial charge in [-0.3, -0.25) is 4.99 Å². The van der Waals surface area contributed by atoms with Gasteiger partial charge in [0.1, 0.15) is 5.75 Å². The van der Waals surface area contributed by atoms with Crippen LogP contribution < -0.4 is 0 Å². The van der Waals surface area contributed by atoms with Gasteiger partial charge in [-0.05, 0) is 24.6 Å². The minimum absolute atomic E-state index is 0.0449. The SMILES string of the molecule is CC(=Nc1ccccc1)c1c(O)[nH]c(Cc2ccccc2)c1O. The summed E-state index contributed by atoms with van der Waals surface area (Å²) < 4.78 is 0. The lowest BCUT2D eigenvalue weighted by molar-refractivity contribution is 0.450. The first-order chi connectivity index (χ1) is 11.1. The molecule has 3 aromatic rings. The third kappa shape index (κ3) is 3.26. The Morgan fingerprint density at radius 2 is 1.57 bits per heavy atom. The van der Waals surface area contributed by atoms with Crippen LogP contribution in [0.25, 0.3) is 0 Å². The molecule has 0 atom stereocenters. The molecule has 1 aromatic heterocycles. The number of aromatic nitrogens is 1. The van der Waals surface area contributed by atoms with Crippen LogP contribution in [0.2, 0.25) is 0 Å². The van der Waals surface area contributed by atoms with E-state index < -0.39 is 0 Å². The molecule has 4 heteroatoms. The Balaban J connectivity index is 1.93. The van der Waals surface area contributed by atoms with Crippen LogP contribution in [0.1, 0.15) is 23.7 Å². The van der Waals surface area contributed by atoms with Gasteiger partial charge in [-0.1, -0.05) is 48.5 Å². The fourth-order valence-corrected chi connectivity index (χ4v) is 2.55. The minimum Gasteiger partial charge on any atom is -0.505 e. The summed E-state index contributed by atoms with van der Waals surface area (Å²) in [5.74, 6) is -0.0193. The van der Waals surface area contributed by atoms with Gasteiger partial charge in [0, 0.05) is 6.42 Å². The summed E-state index contributed by atoms with van der Waals surface area (Å²) in [6, 6.07) is 19.2. The summed E-state index contributed by atoms with van der Waals surface area (Å²) >= 11 is 0. The highest BCUT2D eigenvalue weighted by molar-refractivity contribution is 6.04. The van der Waals surface area contributed by atoms with Crippen LogP contribution in [0.15, 0.2) is 65.7 Å². The van der Waals surface area contributed by atoms with Crippen LogP contribution in [-0.2, 0) is 6.42 Å². The molecular weight excluding hydrogens is 288 g/mol. The van der Waals surface area contributed by atoms with Crippen molar-refractivity contribution < 1.29 is 10.2 Å². The second-order valence-electron chi connectivity index (χ2n) is 5.37. The molecule has 3 rings (SSSR count). The standard InChI is InChI=1S/C19H18N2O2/c1-13(20-15-10-6-3-7-11-15)17-18(22)16(21-19(17)23)12-14-8-4-2-5-9-14/h2-11,21-23H,12H2,1H3. The number of rotatable bonds is 4. The molecule has 0 spiro atoms. The van der Waals surface area contributed by atoms with Gasteiger partial charge in [0.2, 0.25) is 5.88 Å². The van der Waals surface area contributed by atoms with Crippen molar-refractivity contribution in [1.82, 2.24) is 4.98 Å². The van der Waals surface area contributed by atoms with Crippen molar-refractivity contribution in [1.29, 1.82) is 0 Å². The molecule has 2 aromatic carbocycles. The molecule has 0 unspecified atom stereocenters. The summed E-state index contributed by atoms with van der Waals surface area (Å²) in [5.41, 5.74) is 3.30. The Bertz CT molecular complexity index is 821. The Kier molecular flexibility index (Phi) is 4.15. The van der Waals surface area contributed by atoms with Gasteiger partial charge in [0.25, 0.3) is 0 Å². The Morgan fingerprint density at radius 3 is 2.22 bits per heavy atom. The van der Waals surface area contributed by atoms with Crippen molar-refractivity contribution in [2.45, 2.75) is 13.3 Å². The van der Waals surface area contributed by atoms with Gasteiger partial charge < -0.3 is 15.2 Å². The average Bonchev–Trinajstić information content (AvgIpc) is 2.83. The Labute approximate surface area is 134 Å². The highest BCUT2D eigenvalue weighted by Crippen LogP contribution is 2.33. The van der Waals surface area contributed by atoms with Crippen molar-refractivity contribution in [3.8, 4) is 11.6 Å². The highest BCUT2D eigenvalue weighted by atomic mass is 16.3. The van der Waals surface area contributed by atoms with Crippen LogP contribution in [0.4, 0.5) is 5.69 Å². The number of para-hydroxylation sites is 1. The predicted molar refractivity (Wildman–Crippen MR) is 91.7 cm³/mol. The highest BCUT2D eigenvalue weighted by Gasteiger charge is 2.19. The third-order valence-electron chi connectivity index (χ3n) is 3.67. The molecule has 0 aliphatic carbocycles. The second kappa shape index (κ2) is 6.40. The van der Waals surface area contributed by atoms with Crippen LogP contribution in [-0.4, -0.2) is 20.9 Å². The molecule has 0 bridgehead atoms. The number of nitrogens with one attached hydrogen (secondary N) is 1. The Hall–Kier alpha value is -3.01. The largest absolute Gasteiger partial charge is 0.505 e. The first kappa shape index (κ1) is 14.9. The quantitative estimate of drug-likeness (QED) is 0.634. The summed E-state index contributed by atoms with van der Waals surface area (Å²) in [7, 11) is 0. The zero-order valence-electron chi connectivity index (χ0n) is 12.8. The molecular formula is C19H18N2O2. The van der Waals surface area contributed by atoms with Crippen LogP contribution in [0, 0.1) is 0 Å². The number of aliphatic imine (C=N–C) groups is 1. The van der Waals surface area contributed by atoms with E-state index in [1.165, 1.54) is 0 Å². The maximum absolute atomic E-state index is 10.4. The lowest BCUT2D eigenvalue weighted by atomic mass is 10.1. The third-order valence-corrected chi connectivity index (χ3v) is 3.67.